The quantitative estimate of drug-likeness (QED) is 0.452. The first-order chi connectivity index (χ1) is 12.9. The fourth-order valence-corrected chi connectivity index (χ4v) is 8.54. The van der Waals surface area contributed by atoms with Crippen LogP contribution in [0, 0.1) is 46.3 Å². The van der Waals surface area contributed by atoms with Crippen LogP contribution in [0.3, 0.4) is 0 Å². The lowest BCUT2D eigenvalue weighted by Crippen LogP contribution is -2.53. The van der Waals surface area contributed by atoms with Crippen molar-refractivity contribution >= 4 is 0 Å². The highest BCUT2D eigenvalue weighted by atomic mass is 14.6. The number of hydrogen-bond acceptors (Lipinski definition) is 0. The van der Waals surface area contributed by atoms with E-state index >= 15 is 0 Å². The molecule has 0 saturated heterocycles. The smallest absolute Gasteiger partial charge is 0.0264 e. The van der Waals surface area contributed by atoms with Gasteiger partial charge >= 0.3 is 0 Å². The Balaban J connectivity index is 0.000000659. The molecule has 0 aliphatic heterocycles. The SMILES string of the molecule is CCC.CC[C@]1(C)CC[C@@H]2[C@H]3CCC4[C@H](C)CCC[C@H]4[C@@H]3CC[C@]2(CC)C1. The Bertz CT molecular complexity index is 467. The highest BCUT2D eigenvalue weighted by molar-refractivity contribution is 5.06. The van der Waals surface area contributed by atoms with E-state index in [1.165, 1.54) is 38.5 Å². The molecule has 4 fully saturated rings. The van der Waals surface area contributed by atoms with E-state index in [9.17, 15) is 0 Å². The van der Waals surface area contributed by atoms with E-state index in [0.29, 0.717) is 5.41 Å². The topological polar surface area (TPSA) is 0 Å². The third-order valence-electron chi connectivity index (χ3n) is 10.1. The van der Waals surface area contributed by atoms with Crippen LogP contribution in [0.5, 0.6) is 0 Å². The molecule has 0 radical (unpaired) electrons. The third-order valence-corrected chi connectivity index (χ3v) is 10.1. The Morgan fingerprint density at radius 1 is 0.704 bits per heavy atom. The summed E-state index contributed by atoms with van der Waals surface area (Å²) in [6, 6.07) is 0. The van der Waals surface area contributed by atoms with Gasteiger partial charge in [-0.15, -0.1) is 0 Å². The van der Waals surface area contributed by atoms with Crippen molar-refractivity contribution in [2.45, 2.75) is 125 Å². The number of fused-ring (bicyclic) bond motifs is 5. The molecule has 1 unspecified atom stereocenters. The molecule has 158 valence electrons. The van der Waals surface area contributed by atoms with Crippen molar-refractivity contribution in [1.29, 1.82) is 0 Å². The third kappa shape index (κ3) is 4.02. The fraction of sp³-hybridized carbons (Fsp3) is 1.00. The van der Waals surface area contributed by atoms with Crippen LogP contribution in [0.2, 0.25) is 0 Å². The summed E-state index contributed by atoms with van der Waals surface area (Å²) in [5.41, 5.74) is 1.37. The van der Waals surface area contributed by atoms with Gasteiger partial charge in [0.2, 0.25) is 0 Å². The largest absolute Gasteiger partial charge is 0.0656 e. The highest BCUT2D eigenvalue weighted by Gasteiger charge is 2.56. The van der Waals surface area contributed by atoms with Gasteiger partial charge in [-0.05, 0) is 97.7 Å². The zero-order chi connectivity index (χ0) is 19.7. The molecule has 27 heavy (non-hydrogen) atoms. The first-order valence-corrected chi connectivity index (χ1v) is 12.9. The molecular weight excluding hydrogens is 324 g/mol. The molecule has 4 aliphatic carbocycles. The van der Waals surface area contributed by atoms with Crippen LogP contribution in [-0.2, 0) is 0 Å². The fourth-order valence-electron chi connectivity index (χ4n) is 8.54. The minimum absolute atomic E-state index is 0.649. The normalized spacial score (nSPS) is 49.1. The molecule has 0 heterocycles. The van der Waals surface area contributed by atoms with Crippen LogP contribution in [0.25, 0.3) is 0 Å². The zero-order valence-electron chi connectivity index (χ0n) is 19.7. The molecule has 0 spiro atoms. The number of hydrogen-bond donors (Lipinski definition) is 0. The van der Waals surface area contributed by atoms with Gasteiger partial charge in [-0.2, -0.15) is 0 Å². The van der Waals surface area contributed by atoms with Crippen molar-refractivity contribution in [2.24, 2.45) is 46.3 Å². The highest BCUT2D eigenvalue weighted by Crippen LogP contribution is 2.65. The number of rotatable bonds is 2. The van der Waals surface area contributed by atoms with Crippen molar-refractivity contribution in [1.82, 2.24) is 0 Å². The molecule has 0 N–H and O–H groups in total. The molecule has 0 aromatic carbocycles. The summed E-state index contributed by atoms with van der Waals surface area (Å²) in [5.74, 6) is 6.53. The van der Waals surface area contributed by atoms with Crippen LogP contribution >= 0.6 is 0 Å². The Labute approximate surface area is 171 Å². The Kier molecular flexibility index (Phi) is 7.06. The van der Waals surface area contributed by atoms with Crippen LogP contribution in [-0.4, -0.2) is 0 Å². The van der Waals surface area contributed by atoms with E-state index in [-0.39, 0.29) is 0 Å². The van der Waals surface area contributed by atoms with Gasteiger partial charge in [-0.1, -0.05) is 73.6 Å². The average Bonchev–Trinajstić information content (AvgIpc) is 2.68. The van der Waals surface area contributed by atoms with Gasteiger partial charge in [-0.25, -0.2) is 0 Å². The molecule has 0 heteroatoms. The van der Waals surface area contributed by atoms with Crippen LogP contribution in [0.4, 0.5) is 0 Å². The molecule has 0 amide bonds. The molecule has 0 nitrogen and oxygen atoms in total. The Morgan fingerprint density at radius 2 is 1.37 bits per heavy atom. The van der Waals surface area contributed by atoms with Crippen molar-refractivity contribution < 1.29 is 0 Å². The average molecular weight is 375 g/mol. The zero-order valence-corrected chi connectivity index (χ0v) is 19.7. The second-order valence-electron chi connectivity index (χ2n) is 11.6. The van der Waals surface area contributed by atoms with E-state index in [1.54, 1.807) is 44.9 Å². The Morgan fingerprint density at radius 3 is 2.04 bits per heavy atom. The van der Waals surface area contributed by atoms with Gasteiger partial charge in [0.1, 0.15) is 0 Å². The molecule has 4 saturated carbocycles. The van der Waals surface area contributed by atoms with Gasteiger partial charge in [0.05, 0.1) is 0 Å². The van der Waals surface area contributed by atoms with Gasteiger partial charge in [0.15, 0.2) is 0 Å². The lowest BCUT2D eigenvalue weighted by molar-refractivity contribution is -0.122. The van der Waals surface area contributed by atoms with E-state index in [4.69, 9.17) is 0 Å². The molecule has 4 rings (SSSR count). The molecule has 0 aromatic rings. The summed E-state index contributed by atoms with van der Waals surface area (Å²) in [7, 11) is 0. The van der Waals surface area contributed by atoms with Crippen molar-refractivity contribution in [2.75, 3.05) is 0 Å². The summed E-state index contributed by atoms with van der Waals surface area (Å²) in [6.45, 7) is 14.4. The van der Waals surface area contributed by atoms with Gasteiger partial charge in [0.25, 0.3) is 0 Å². The minimum atomic E-state index is 0.649. The summed E-state index contributed by atoms with van der Waals surface area (Å²) in [6.07, 6.45) is 19.7. The second kappa shape index (κ2) is 8.79. The van der Waals surface area contributed by atoms with Gasteiger partial charge < -0.3 is 0 Å². The predicted molar refractivity (Wildman–Crippen MR) is 120 cm³/mol. The molecule has 4 aliphatic rings. The lowest BCUT2D eigenvalue weighted by Gasteiger charge is -2.62. The maximum atomic E-state index is 2.60. The van der Waals surface area contributed by atoms with E-state index < -0.39 is 0 Å². The van der Waals surface area contributed by atoms with Crippen molar-refractivity contribution in [3.63, 3.8) is 0 Å². The van der Waals surface area contributed by atoms with Crippen LogP contribution in [0.15, 0.2) is 0 Å². The van der Waals surface area contributed by atoms with Crippen LogP contribution < -0.4 is 0 Å². The van der Waals surface area contributed by atoms with Crippen molar-refractivity contribution in [3.05, 3.63) is 0 Å². The maximum Gasteiger partial charge on any atom is -0.0264 e. The first-order valence-electron chi connectivity index (χ1n) is 12.9. The first kappa shape index (κ1) is 21.7. The molecule has 0 aromatic heterocycles. The summed E-state index contributed by atoms with van der Waals surface area (Å²) >= 11 is 0. The van der Waals surface area contributed by atoms with E-state index in [0.717, 1.165) is 40.9 Å². The monoisotopic (exact) mass is 374 g/mol. The van der Waals surface area contributed by atoms with E-state index in [2.05, 4.69) is 41.5 Å². The predicted octanol–water partition coefficient (Wildman–Crippen LogP) is 8.89. The standard InChI is InChI=1S/C24H42.C3H8/c1-5-23(4)14-13-22-21-11-10-18-17(3)8-7-9-19(18)20(21)12-15-24(22,6-2)16-23;1-3-2/h17-22H,5-16H2,1-4H3;3H2,1-2H3/t17-,18?,19-,20+,21+,22-,23-,24-;/m1./s1. The van der Waals surface area contributed by atoms with Crippen LogP contribution in [0.1, 0.15) is 125 Å². The lowest BCUT2D eigenvalue weighted by atomic mass is 9.43. The van der Waals surface area contributed by atoms with Crippen molar-refractivity contribution in [3.8, 4) is 0 Å². The van der Waals surface area contributed by atoms with Gasteiger partial charge in [0, 0.05) is 0 Å². The maximum absolute atomic E-state index is 2.60. The summed E-state index contributed by atoms with van der Waals surface area (Å²) in [5, 5.41) is 0. The molecular formula is C27H50. The summed E-state index contributed by atoms with van der Waals surface area (Å²) in [4.78, 5) is 0. The summed E-state index contributed by atoms with van der Waals surface area (Å²) < 4.78 is 0. The Hall–Kier alpha value is 0. The molecule has 8 atom stereocenters. The molecule has 0 bridgehead atoms. The minimum Gasteiger partial charge on any atom is -0.0656 e. The van der Waals surface area contributed by atoms with Gasteiger partial charge in [-0.3, -0.25) is 0 Å². The van der Waals surface area contributed by atoms with E-state index in [1.807, 2.05) is 0 Å². The second-order valence-corrected chi connectivity index (χ2v) is 11.6.